The average Bonchev–Trinajstić information content (AvgIpc) is 2.88. The van der Waals surface area contributed by atoms with Crippen LogP contribution in [0, 0.1) is 6.92 Å². The molecule has 0 spiro atoms. The zero-order chi connectivity index (χ0) is 12.1. The maximum atomic E-state index is 4.28. The molecule has 0 amide bonds. The molecule has 2 heterocycles. The lowest BCUT2D eigenvalue weighted by Gasteiger charge is -2.03. The number of rotatable bonds is 6. The van der Waals surface area contributed by atoms with Crippen LogP contribution in [-0.2, 0) is 13.6 Å². The van der Waals surface area contributed by atoms with Gasteiger partial charge in [0, 0.05) is 48.0 Å². The van der Waals surface area contributed by atoms with E-state index in [4.69, 9.17) is 0 Å². The number of hydrogen-bond acceptors (Lipinski definition) is 4. The second kappa shape index (κ2) is 6.23. The summed E-state index contributed by atoms with van der Waals surface area (Å²) >= 11 is 3.65. The SMILES string of the molecule is Cc1ccc(CNCCSc2nccn2C)s1. The average molecular weight is 267 g/mol. The lowest BCUT2D eigenvalue weighted by atomic mass is 10.4. The molecule has 0 aliphatic carbocycles. The van der Waals surface area contributed by atoms with E-state index < -0.39 is 0 Å². The van der Waals surface area contributed by atoms with Crippen LogP contribution in [0.25, 0.3) is 0 Å². The number of hydrogen-bond donors (Lipinski definition) is 1. The van der Waals surface area contributed by atoms with Gasteiger partial charge in [0.1, 0.15) is 0 Å². The van der Waals surface area contributed by atoms with E-state index in [0.29, 0.717) is 0 Å². The molecule has 92 valence electrons. The molecule has 0 aromatic carbocycles. The Balaban J connectivity index is 1.62. The van der Waals surface area contributed by atoms with Crippen LogP contribution in [0.4, 0.5) is 0 Å². The van der Waals surface area contributed by atoms with Crippen molar-refractivity contribution in [1.82, 2.24) is 14.9 Å². The summed E-state index contributed by atoms with van der Waals surface area (Å²) in [6.45, 7) is 4.12. The van der Waals surface area contributed by atoms with E-state index in [-0.39, 0.29) is 0 Å². The minimum atomic E-state index is 0.972. The molecule has 2 rings (SSSR count). The number of aryl methyl sites for hydroxylation is 2. The summed E-state index contributed by atoms with van der Waals surface area (Å²) in [5.41, 5.74) is 0. The first-order valence-electron chi connectivity index (χ1n) is 5.62. The van der Waals surface area contributed by atoms with Crippen molar-refractivity contribution in [1.29, 1.82) is 0 Å². The van der Waals surface area contributed by atoms with Crippen molar-refractivity contribution in [3.63, 3.8) is 0 Å². The van der Waals surface area contributed by atoms with Gasteiger partial charge in [-0.3, -0.25) is 0 Å². The molecule has 0 saturated carbocycles. The molecule has 0 unspecified atom stereocenters. The standard InChI is InChI=1S/C12H17N3S2/c1-10-3-4-11(17-10)9-13-6-8-16-12-14-5-7-15(12)2/h3-5,7,13H,6,8-9H2,1-2H3. The Kier molecular flexibility index (Phi) is 4.65. The van der Waals surface area contributed by atoms with Gasteiger partial charge in [-0.2, -0.15) is 0 Å². The van der Waals surface area contributed by atoms with Gasteiger partial charge in [-0.05, 0) is 19.1 Å². The van der Waals surface area contributed by atoms with Crippen molar-refractivity contribution in [2.45, 2.75) is 18.6 Å². The van der Waals surface area contributed by atoms with Crippen LogP contribution in [0.5, 0.6) is 0 Å². The van der Waals surface area contributed by atoms with E-state index in [9.17, 15) is 0 Å². The van der Waals surface area contributed by atoms with E-state index in [1.807, 2.05) is 35.3 Å². The second-order valence-corrected chi connectivity index (χ2v) is 6.29. The molecule has 0 aliphatic heterocycles. The molecule has 0 aliphatic rings. The fourth-order valence-electron chi connectivity index (χ4n) is 1.50. The lowest BCUT2D eigenvalue weighted by Crippen LogP contribution is -2.15. The van der Waals surface area contributed by atoms with Gasteiger partial charge in [0.05, 0.1) is 0 Å². The van der Waals surface area contributed by atoms with Crippen molar-refractivity contribution in [2.24, 2.45) is 7.05 Å². The predicted molar refractivity (Wildman–Crippen MR) is 74.7 cm³/mol. The van der Waals surface area contributed by atoms with Crippen LogP contribution in [0.1, 0.15) is 9.75 Å². The summed E-state index contributed by atoms with van der Waals surface area (Å²) in [5.74, 6) is 1.05. The van der Waals surface area contributed by atoms with E-state index in [0.717, 1.165) is 24.0 Å². The maximum absolute atomic E-state index is 4.28. The maximum Gasteiger partial charge on any atom is 0.167 e. The molecule has 3 nitrogen and oxygen atoms in total. The number of imidazole rings is 1. The topological polar surface area (TPSA) is 29.9 Å². The Hall–Kier alpha value is -0.780. The van der Waals surface area contributed by atoms with Gasteiger partial charge >= 0.3 is 0 Å². The fraction of sp³-hybridized carbons (Fsp3) is 0.417. The van der Waals surface area contributed by atoms with Gasteiger partial charge < -0.3 is 9.88 Å². The Morgan fingerprint density at radius 2 is 2.35 bits per heavy atom. The van der Waals surface area contributed by atoms with Crippen LogP contribution in [0.3, 0.4) is 0 Å². The number of nitrogens with one attached hydrogen (secondary N) is 1. The second-order valence-electron chi connectivity index (χ2n) is 3.86. The highest BCUT2D eigenvalue weighted by atomic mass is 32.2. The molecule has 2 aromatic heterocycles. The summed E-state index contributed by atoms with van der Waals surface area (Å²) in [6.07, 6.45) is 3.81. The van der Waals surface area contributed by atoms with Crippen molar-refractivity contribution in [2.75, 3.05) is 12.3 Å². The largest absolute Gasteiger partial charge is 0.329 e. The third kappa shape index (κ3) is 3.87. The van der Waals surface area contributed by atoms with Crippen LogP contribution in [0.15, 0.2) is 29.7 Å². The third-order valence-corrected chi connectivity index (χ3v) is 4.44. The summed E-state index contributed by atoms with van der Waals surface area (Å²) in [7, 11) is 2.02. The van der Waals surface area contributed by atoms with E-state index in [1.54, 1.807) is 11.8 Å². The summed E-state index contributed by atoms with van der Waals surface area (Å²) in [6, 6.07) is 4.36. The van der Waals surface area contributed by atoms with E-state index in [1.165, 1.54) is 9.75 Å². The smallest absolute Gasteiger partial charge is 0.167 e. The van der Waals surface area contributed by atoms with Crippen molar-refractivity contribution < 1.29 is 0 Å². The summed E-state index contributed by atoms with van der Waals surface area (Å²) in [4.78, 5) is 7.06. The minimum absolute atomic E-state index is 0.972. The molecule has 5 heteroatoms. The third-order valence-electron chi connectivity index (χ3n) is 2.38. The van der Waals surface area contributed by atoms with E-state index >= 15 is 0 Å². The zero-order valence-electron chi connectivity index (χ0n) is 10.1. The number of aromatic nitrogens is 2. The minimum Gasteiger partial charge on any atom is -0.329 e. The highest BCUT2D eigenvalue weighted by Crippen LogP contribution is 2.15. The van der Waals surface area contributed by atoms with Gasteiger partial charge in [0.15, 0.2) is 5.16 Å². The molecular formula is C12H17N3S2. The number of thioether (sulfide) groups is 1. The van der Waals surface area contributed by atoms with Crippen molar-refractivity contribution in [3.8, 4) is 0 Å². The Bertz CT molecular complexity index is 462. The summed E-state index contributed by atoms with van der Waals surface area (Å²) < 4.78 is 2.05. The monoisotopic (exact) mass is 267 g/mol. The van der Waals surface area contributed by atoms with Gasteiger partial charge in [-0.25, -0.2) is 4.98 Å². The zero-order valence-corrected chi connectivity index (χ0v) is 11.8. The first-order valence-corrected chi connectivity index (χ1v) is 7.42. The molecule has 2 aromatic rings. The summed E-state index contributed by atoms with van der Waals surface area (Å²) in [5, 5.41) is 4.53. The van der Waals surface area contributed by atoms with Gasteiger partial charge in [0.25, 0.3) is 0 Å². The van der Waals surface area contributed by atoms with E-state index in [2.05, 4.69) is 29.4 Å². The molecular weight excluding hydrogens is 250 g/mol. The highest BCUT2D eigenvalue weighted by molar-refractivity contribution is 7.99. The molecule has 17 heavy (non-hydrogen) atoms. The quantitative estimate of drug-likeness (QED) is 0.644. The van der Waals surface area contributed by atoms with Gasteiger partial charge in [0.2, 0.25) is 0 Å². The fourth-order valence-corrected chi connectivity index (χ4v) is 3.19. The Morgan fingerprint density at radius 3 is 3.00 bits per heavy atom. The molecule has 1 N–H and O–H groups in total. The Labute approximate surface area is 110 Å². The molecule has 0 radical (unpaired) electrons. The van der Waals surface area contributed by atoms with Crippen LogP contribution in [-0.4, -0.2) is 21.8 Å². The molecule has 0 fully saturated rings. The number of nitrogens with zero attached hydrogens (tertiary/aromatic N) is 2. The van der Waals surface area contributed by atoms with Crippen molar-refractivity contribution >= 4 is 23.1 Å². The van der Waals surface area contributed by atoms with Gasteiger partial charge in [-0.1, -0.05) is 11.8 Å². The molecule has 0 saturated heterocycles. The Morgan fingerprint density at radius 1 is 1.47 bits per heavy atom. The van der Waals surface area contributed by atoms with Crippen LogP contribution in [0.2, 0.25) is 0 Å². The van der Waals surface area contributed by atoms with Gasteiger partial charge in [-0.15, -0.1) is 11.3 Å². The highest BCUT2D eigenvalue weighted by Gasteiger charge is 1.99. The molecule has 0 bridgehead atoms. The first-order chi connectivity index (χ1) is 8.25. The first kappa shape index (κ1) is 12.7. The molecule has 0 atom stereocenters. The number of thiophene rings is 1. The van der Waals surface area contributed by atoms with Crippen LogP contribution < -0.4 is 5.32 Å². The van der Waals surface area contributed by atoms with Crippen molar-refractivity contribution in [3.05, 3.63) is 34.3 Å². The lowest BCUT2D eigenvalue weighted by molar-refractivity contribution is 0.737. The van der Waals surface area contributed by atoms with Crippen LogP contribution >= 0.6 is 23.1 Å². The predicted octanol–water partition coefficient (Wildman–Crippen LogP) is 2.67. The normalized spacial score (nSPS) is 10.9.